The van der Waals surface area contributed by atoms with Crippen LogP contribution in [0.3, 0.4) is 0 Å². The van der Waals surface area contributed by atoms with E-state index in [2.05, 4.69) is 26.7 Å². The van der Waals surface area contributed by atoms with Crippen LogP contribution in [0.1, 0.15) is 43.2 Å². The Morgan fingerprint density at radius 2 is 2.06 bits per heavy atom. The molecule has 3 rings (SSSR count). The lowest BCUT2D eigenvalue weighted by Gasteiger charge is -2.27. The van der Waals surface area contributed by atoms with Gasteiger partial charge in [-0.05, 0) is 49.1 Å². The molecule has 0 saturated heterocycles. The van der Waals surface area contributed by atoms with E-state index in [-0.39, 0.29) is 5.92 Å². The standard InChI is InChI=1S/C25H29N5O3/c1-16(2)11-20(24(32)30-25(3,15-26)13-17-7-6-10-27-14-17)29-23(31)21-12-18-19(28-21)8-5-9-22(18)33-4/h5-10,12,14,16,20,28H,11,13H2,1-4H3,(H,29,31)(H,30,32)/t20-,25?/m0/s1. The number of H-pyrrole nitrogens is 1. The van der Waals surface area contributed by atoms with Gasteiger partial charge in [0.25, 0.3) is 5.91 Å². The number of nitriles is 1. The van der Waals surface area contributed by atoms with Gasteiger partial charge in [0.2, 0.25) is 5.91 Å². The smallest absolute Gasteiger partial charge is 0.268 e. The number of hydrogen-bond acceptors (Lipinski definition) is 5. The number of pyridine rings is 1. The highest BCUT2D eigenvalue weighted by Gasteiger charge is 2.31. The topological polar surface area (TPSA) is 120 Å². The normalized spacial score (nSPS) is 13.7. The number of benzene rings is 1. The predicted octanol–water partition coefficient (Wildman–Crippen LogP) is 3.36. The molecule has 1 aromatic carbocycles. The minimum Gasteiger partial charge on any atom is -0.496 e. The number of carbonyl (C=O) groups excluding carboxylic acids is 2. The number of aromatic nitrogens is 2. The van der Waals surface area contributed by atoms with Crippen LogP contribution in [0.4, 0.5) is 0 Å². The Morgan fingerprint density at radius 1 is 1.27 bits per heavy atom. The fourth-order valence-corrected chi connectivity index (χ4v) is 3.75. The molecule has 0 spiro atoms. The second kappa shape index (κ2) is 10.2. The molecule has 2 atom stereocenters. The molecular formula is C25H29N5O3. The van der Waals surface area contributed by atoms with Crippen LogP contribution >= 0.6 is 0 Å². The van der Waals surface area contributed by atoms with Crippen LogP contribution in [0.25, 0.3) is 10.9 Å². The van der Waals surface area contributed by atoms with E-state index in [4.69, 9.17) is 4.74 Å². The lowest BCUT2D eigenvalue weighted by Crippen LogP contribution is -2.55. The van der Waals surface area contributed by atoms with Gasteiger partial charge in [-0.25, -0.2) is 0 Å². The SMILES string of the molecule is COc1cccc2[nH]c(C(=O)N[C@@H](CC(C)C)C(=O)NC(C)(C#N)Cc3cccnc3)cc12. The summed E-state index contributed by atoms with van der Waals surface area (Å²) in [7, 11) is 1.57. The van der Waals surface area contributed by atoms with Gasteiger partial charge in [0.15, 0.2) is 0 Å². The van der Waals surface area contributed by atoms with Gasteiger partial charge >= 0.3 is 0 Å². The van der Waals surface area contributed by atoms with Crippen molar-refractivity contribution in [3.8, 4) is 11.8 Å². The molecular weight excluding hydrogens is 418 g/mol. The molecule has 2 aromatic heterocycles. The molecule has 0 aliphatic heterocycles. The fourth-order valence-electron chi connectivity index (χ4n) is 3.75. The molecule has 1 unspecified atom stereocenters. The third kappa shape index (κ3) is 5.89. The molecule has 8 nitrogen and oxygen atoms in total. The van der Waals surface area contributed by atoms with Crippen molar-refractivity contribution in [3.05, 3.63) is 60.0 Å². The summed E-state index contributed by atoms with van der Waals surface area (Å²) in [5.41, 5.74) is 0.778. The van der Waals surface area contributed by atoms with Gasteiger partial charge in [-0.15, -0.1) is 0 Å². The van der Waals surface area contributed by atoms with Gasteiger partial charge in [0, 0.05) is 29.7 Å². The minimum atomic E-state index is -1.14. The summed E-state index contributed by atoms with van der Waals surface area (Å²) in [4.78, 5) is 33.3. The van der Waals surface area contributed by atoms with Crippen molar-refractivity contribution < 1.29 is 14.3 Å². The summed E-state index contributed by atoms with van der Waals surface area (Å²) in [6.07, 6.45) is 4.04. The molecule has 172 valence electrons. The Morgan fingerprint density at radius 3 is 2.70 bits per heavy atom. The van der Waals surface area contributed by atoms with E-state index in [1.165, 1.54) is 0 Å². The number of carbonyl (C=O) groups is 2. The van der Waals surface area contributed by atoms with Crippen LogP contribution in [-0.2, 0) is 11.2 Å². The zero-order chi connectivity index (χ0) is 24.0. The third-order valence-electron chi connectivity index (χ3n) is 5.34. The minimum absolute atomic E-state index is 0.149. The summed E-state index contributed by atoms with van der Waals surface area (Å²) in [6, 6.07) is 12.2. The largest absolute Gasteiger partial charge is 0.496 e. The highest BCUT2D eigenvalue weighted by atomic mass is 16.5. The van der Waals surface area contributed by atoms with Gasteiger partial charge < -0.3 is 20.4 Å². The van der Waals surface area contributed by atoms with E-state index >= 15 is 0 Å². The third-order valence-corrected chi connectivity index (χ3v) is 5.34. The van der Waals surface area contributed by atoms with Crippen molar-refractivity contribution in [1.82, 2.24) is 20.6 Å². The number of aromatic amines is 1. The first-order chi connectivity index (χ1) is 15.7. The molecule has 0 bridgehead atoms. The lowest BCUT2D eigenvalue weighted by molar-refractivity contribution is -0.124. The molecule has 0 saturated carbocycles. The van der Waals surface area contributed by atoms with Gasteiger partial charge in [0.05, 0.1) is 13.2 Å². The first-order valence-corrected chi connectivity index (χ1v) is 10.8. The lowest BCUT2D eigenvalue weighted by atomic mass is 9.94. The molecule has 0 aliphatic rings. The van der Waals surface area contributed by atoms with E-state index in [0.717, 1.165) is 16.5 Å². The van der Waals surface area contributed by atoms with Crippen LogP contribution in [-0.4, -0.2) is 40.5 Å². The first kappa shape index (κ1) is 23.8. The Bertz CT molecular complexity index is 1170. The van der Waals surface area contributed by atoms with Crippen molar-refractivity contribution in [2.75, 3.05) is 7.11 Å². The maximum Gasteiger partial charge on any atom is 0.268 e. The van der Waals surface area contributed by atoms with Crippen molar-refractivity contribution in [2.45, 2.75) is 45.2 Å². The molecule has 0 radical (unpaired) electrons. The van der Waals surface area contributed by atoms with Crippen LogP contribution < -0.4 is 15.4 Å². The summed E-state index contributed by atoms with van der Waals surface area (Å²) in [5, 5.41) is 16.2. The maximum atomic E-state index is 13.2. The van der Waals surface area contributed by atoms with Crippen LogP contribution in [0.5, 0.6) is 5.75 Å². The van der Waals surface area contributed by atoms with E-state index in [9.17, 15) is 14.9 Å². The van der Waals surface area contributed by atoms with Crippen molar-refractivity contribution in [3.63, 3.8) is 0 Å². The monoisotopic (exact) mass is 447 g/mol. The summed E-state index contributed by atoms with van der Waals surface area (Å²) in [5.74, 6) is -0.00589. The number of ether oxygens (including phenoxy) is 1. The number of rotatable bonds is 9. The van der Waals surface area contributed by atoms with Gasteiger partial charge in [-0.3, -0.25) is 14.6 Å². The number of amides is 2. The molecule has 8 heteroatoms. The van der Waals surface area contributed by atoms with Gasteiger partial charge in [0.1, 0.15) is 23.0 Å². The molecule has 0 aliphatic carbocycles. The summed E-state index contributed by atoms with van der Waals surface area (Å²) < 4.78 is 5.36. The Balaban J connectivity index is 1.78. The fraction of sp³-hybridized carbons (Fsp3) is 0.360. The van der Waals surface area contributed by atoms with Crippen molar-refractivity contribution >= 4 is 22.7 Å². The van der Waals surface area contributed by atoms with E-state index < -0.39 is 23.4 Å². The average molecular weight is 448 g/mol. The summed E-state index contributed by atoms with van der Waals surface area (Å²) >= 11 is 0. The number of hydrogen-bond donors (Lipinski definition) is 3. The number of nitrogens with zero attached hydrogens (tertiary/aromatic N) is 2. The quantitative estimate of drug-likeness (QED) is 0.465. The Labute approximate surface area is 193 Å². The van der Waals surface area contributed by atoms with Crippen LogP contribution in [0.15, 0.2) is 48.8 Å². The highest BCUT2D eigenvalue weighted by molar-refractivity contribution is 6.01. The van der Waals surface area contributed by atoms with E-state index in [1.54, 1.807) is 38.6 Å². The second-order valence-corrected chi connectivity index (χ2v) is 8.73. The number of fused-ring (bicyclic) bond motifs is 1. The van der Waals surface area contributed by atoms with Crippen molar-refractivity contribution in [1.29, 1.82) is 5.26 Å². The first-order valence-electron chi connectivity index (χ1n) is 10.8. The molecule has 2 heterocycles. The van der Waals surface area contributed by atoms with Gasteiger partial charge in [-0.1, -0.05) is 26.0 Å². The molecule has 3 N–H and O–H groups in total. The molecule has 3 aromatic rings. The Kier molecular flexibility index (Phi) is 7.34. The van der Waals surface area contributed by atoms with Gasteiger partial charge in [-0.2, -0.15) is 5.26 Å². The Hall–Kier alpha value is -3.86. The highest BCUT2D eigenvalue weighted by Crippen LogP contribution is 2.26. The number of methoxy groups -OCH3 is 1. The summed E-state index contributed by atoms with van der Waals surface area (Å²) in [6.45, 7) is 5.61. The number of nitrogens with one attached hydrogen (secondary N) is 3. The molecule has 0 fully saturated rings. The zero-order valence-electron chi connectivity index (χ0n) is 19.3. The maximum absolute atomic E-state index is 13.2. The van der Waals surface area contributed by atoms with Crippen molar-refractivity contribution in [2.24, 2.45) is 5.92 Å². The molecule has 33 heavy (non-hydrogen) atoms. The second-order valence-electron chi connectivity index (χ2n) is 8.73. The predicted molar refractivity (Wildman–Crippen MR) is 126 cm³/mol. The molecule has 2 amide bonds. The van der Waals surface area contributed by atoms with E-state index in [0.29, 0.717) is 24.3 Å². The average Bonchev–Trinajstić information content (AvgIpc) is 3.23. The van der Waals surface area contributed by atoms with Crippen LogP contribution in [0, 0.1) is 17.2 Å². The zero-order valence-corrected chi connectivity index (χ0v) is 19.3. The van der Waals surface area contributed by atoms with E-state index in [1.807, 2.05) is 38.1 Å². The van der Waals surface area contributed by atoms with Crippen LogP contribution in [0.2, 0.25) is 0 Å².